The van der Waals surface area contributed by atoms with Crippen LogP contribution in [0.2, 0.25) is 1.41 Å². The Bertz CT molecular complexity index is 1780. The van der Waals surface area contributed by atoms with Crippen LogP contribution in [-0.4, -0.2) is 72.8 Å². The zero-order valence-electron chi connectivity index (χ0n) is 35.6. The fourth-order valence-corrected chi connectivity index (χ4v) is 4.61. The molecule has 4 saturated heterocycles. The van der Waals surface area contributed by atoms with Gasteiger partial charge in [-0.25, -0.2) is 4.39 Å². The summed E-state index contributed by atoms with van der Waals surface area (Å²) in [6, 6.07) is -11.4. The summed E-state index contributed by atoms with van der Waals surface area (Å²) in [5.41, 5.74) is -3.52. The van der Waals surface area contributed by atoms with Crippen molar-refractivity contribution in [1.82, 2.24) is 15.1 Å². The monoisotopic (exact) mass is 495 g/mol. The summed E-state index contributed by atoms with van der Waals surface area (Å²) in [5, 5.41) is -0.435. The summed E-state index contributed by atoms with van der Waals surface area (Å²) in [4.78, 5) is 14.0. The molecule has 0 aromatic carbocycles. The lowest BCUT2D eigenvalue weighted by Gasteiger charge is -2.45. The zero-order valence-corrected chi connectivity index (χ0v) is 17.6. The van der Waals surface area contributed by atoms with E-state index in [1.165, 1.54) is 0 Å². The second-order valence-corrected chi connectivity index (χ2v) is 8.61. The van der Waals surface area contributed by atoms with Crippen LogP contribution in [0, 0.1) is 29.1 Å². The summed E-state index contributed by atoms with van der Waals surface area (Å²) in [5.74, 6) is -6.88. The van der Waals surface area contributed by atoms with Crippen molar-refractivity contribution in [2.75, 3.05) is 20.2 Å². The van der Waals surface area contributed by atoms with Crippen molar-refractivity contribution in [2.24, 2.45) is 17.2 Å². The molecule has 184 valence electrons. The van der Waals surface area contributed by atoms with Gasteiger partial charge in [0.1, 0.15) is 7.55 Å². The summed E-state index contributed by atoms with van der Waals surface area (Å²) in [6.07, 6.45) is -26.2. The largest absolute Gasteiger partial charge is 0.378 e. The lowest BCUT2D eigenvalue weighted by atomic mass is 9.72. The van der Waals surface area contributed by atoms with Crippen molar-refractivity contribution in [3.05, 3.63) is 23.1 Å². The highest BCUT2D eigenvalue weighted by molar-refractivity contribution is 5.80. The van der Waals surface area contributed by atoms with Gasteiger partial charge >= 0.3 is 6.61 Å². The molecule has 1 saturated carbocycles. The molecule has 0 aromatic heterocycles. The maximum atomic E-state index is 17.1. The molecule has 2 bridgehead atoms. The number of allylic oxidation sites excluding steroid dienone is 2. The SMILES string of the molecule is [2H]C1=C(C#CC2(C)COC2)C(F)=C2N3[C@@H]4C[C@@]([2H])(N(C([2H])([2H])[2H])C(=O)C5([2H])C4C([2H])(OC(F)F)C([2H])([2H])C([2H])([2H])C5([2H])[2H])C3([2H])N([2H])C2([2H])C1([2H])[2H]. The molecule has 7 atom stereocenters. The number of amides is 1. The minimum absolute atomic E-state index is 0.0272. The Kier molecular flexibility index (Phi) is 2.39. The summed E-state index contributed by atoms with van der Waals surface area (Å²) >= 11 is 0. The van der Waals surface area contributed by atoms with Crippen LogP contribution in [0.4, 0.5) is 13.2 Å². The van der Waals surface area contributed by atoms with Crippen LogP contribution in [0.25, 0.3) is 0 Å². The van der Waals surface area contributed by atoms with Crippen LogP contribution >= 0.6 is 0 Å². The molecule has 0 radical (unpaired) electrons. The van der Waals surface area contributed by atoms with Crippen molar-refractivity contribution in [2.45, 2.75) is 75.7 Å². The molecular formula is C25H30F3N3O3. The lowest BCUT2D eigenvalue weighted by Crippen LogP contribution is -2.56. The second-order valence-electron chi connectivity index (χ2n) is 8.61. The van der Waals surface area contributed by atoms with Gasteiger partial charge < -0.3 is 19.3 Å². The summed E-state index contributed by atoms with van der Waals surface area (Å²) in [6.45, 7) is -6.70. The van der Waals surface area contributed by atoms with E-state index >= 15 is 4.39 Å². The Morgan fingerprint density at radius 3 is 3.03 bits per heavy atom. The number of rotatable bonds is 2. The fourth-order valence-electron chi connectivity index (χ4n) is 4.61. The molecule has 34 heavy (non-hydrogen) atoms. The Balaban J connectivity index is 1.78. The number of likely N-dealkylation sites (tertiary alicyclic amines) is 1. The molecule has 4 heterocycles. The third kappa shape index (κ3) is 3.33. The standard InChI is InChI=1S/C25H30F3N3O3/c1-25(11-33-12-25)9-8-13-6-7-15-21(20(13)26)31-16-10-17(22(31)29-15)30(2)23(32)14-4-3-5-18(19(14)16)34-24(27)28/h6,14-19,22,24,29H,3-5,7,10-12H2,1-2H3/t14?,15?,16-,17-,18?,19?,22?/m1/s1/i2D3,3D2,4D2,5D2,6D,7D2,14D,15D,17D,18D,22D/hD. The molecule has 5 fully saturated rings. The van der Waals surface area contributed by atoms with Crippen molar-refractivity contribution in [3.8, 4) is 11.8 Å². The Morgan fingerprint density at radius 1 is 1.50 bits per heavy atom. The van der Waals surface area contributed by atoms with Crippen LogP contribution in [0.3, 0.4) is 0 Å². The number of hydrogen-bond acceptors (Lipinski definition) is 5. The first kappa shape index (κ1) is 10.2. The quantitative estimate of drug-likeness (QED) is 0.598. The average molecular weight is 496 g/mol. The van der Waals surface area contributed by atoms with E-state index in [0.29, 0.717) is 0 Å². The number of ether oxygens (including phenoxy) is 2. The first-order valence-corrected chi connectivity index (χ1v) is 10.3. The number of hydrogen-bond donors (Lipinski definition) is 1. The third-order valence-corrected chi connectivity index (χ3v) is 6.25. The Labute approximate surface area is 222 Å². The van der Waals surface area contributed by atoms with E-state index in [-0.39, 0.29) is 18.1 Å². The topological polar surface area (TPSA) is 54.0 Å². The smallest absolute Gasteiger partial charge is 0.345 e. The molecule has 2 aliphatic carbocycles. The van der Waals surface area contributed by atoms with Crippen LogP contribution in [-0.2, 0) is 14.3 Å². The zero-order chi connectivity index (χ0) is 39.8. The summed E-state index contributed by atoms with van der Waals surface area (Å²) in [7, 11) is 0. The van der Waals surface area contributed by atoms with Gasteiger partial charge in [-0.05, 0) is 32.5 Å². The fraction of sp³-hybridized carbons (Fsp3) is 0.720. The second kappa shape index (κ2) is 8.00. The van der Waals surface area contributed by atoms with E-state index in [1.807, 2.05) is 0 Å². The highest BCUT2D eigenvalue weighted by Gasteiger charge is 2.60. The molecule has 5 unspecified atom stereocenters. The van der Waals surface area contributed by atoms with Gasteiger partial charge in [-0.1, -0.05) is 24.3 Å². The van der Waals surface area contributed by atoms with E-state index < -0.39 is 132 Å². The van der Waals surface area contributed by atoms with Gasteiger partial charge in [-0.2, -0.15) is 8.78 Å². The van der Waals surface area contributed by atoms with Gasteiger partial charge in [0.05, 0.1) is 54.9 Å². The van der Waals surface area contributed by atoms with Crippen LogP contribution in [0.5, 0.6) is 0 Å². The molecule has 4 aliphatic heterocycles. The maximum absolute atomic E-state index is 17.1. The van der Waals surface area contributed by atoms with Gasteiger partial charge in [0.25, 0.3) is 0 Å². The van der Waals surface area contributed by atoms with Crippen LogP contribution < -0.4 is 5.31 Å². The van der Waals surface area contributed by atoms with Crippen LogP contribution in [0.1, 0.15) is 62.1 Å². The molecule has 1 amide bonds. The number of nitrogens with zero attached hydrogens (tertiary/aromatic N) is 2. The number of halogens is 3. The predicted octanol–water partition coefficient (Wildman–Crippen LogP) is 2.77. The Morgan fingerprint density at radius 2 is 2.32 bits per heavy atom. The molecule has 9 heteroatoms. The minimum atomic E-state index is -4.34. The van der Waals surface area contributed by atoms with E-state index in [0.717, 1.165) is 0 Å². The molecular weight excluding hydrogens is 447 g/mol. The number of fused-ring (bicyclic) bond motifs is 9. The normalized spacial score (nSPS) is 65.9. The number of carbonyl (C=O) groups is 1. The van der Waals surface area contributed by atoms with Crippen molar-refractivity contribution in [3.63, 3.8) is 0 Å². The minimum Gasteiger partial charge on any atom is -0.378 e. The highest BCUT2D eigenvalue weighted by atomic mass is 19.3. The number of nitrogens with one attached hydrogen (secondary N) is 1. The van der Waals surface area contributed by atoms with Gasteiger partial charge in [-0.3, -0.25) is 10.1 Å². The maximum Gasteiger partial charge on any atom is 0.345 e. The molecule has 6 nitrogen and oxygen atoms in total. The van der Waals surface area contributed by atoms with Gasteiger partial charge in [0, 0.05) is 41.3 Å². The van der Waals surface area contributed by atoms with E-state index in [4.69, 9.17) is 24.0 Å². The molecule has 1 N–H and O–H groups in total. The average Bonchev–Trinajstić information content (AvgIpc) is 3.27. The predicted molar refractivity (Wildman–Crippen MR) is 117 cm³/mol. The number of carbonyl (C=O) groups excluding carboxylic acids is 1. The van der Waals surface area contributed by atoms with Crippen molar-refractivity contribution in [1.29, 1.82) is 0 Å². The van der Waals surface area contributed by atoms with Crippen molar-refractivity contribution < 1.29 is 52.2 Å². The Hall–Kier alpha value is -2.02. The number of likely N-dealkylation sites (N-methyl/N-ethyl adjacent to an activating group) is 1. The van der Waals surface area contributed by atoms with Gasteiger partial charge in [0.2, 0.25) is 5.91 Å². The van der Waals surface area contributed by atoms with E-state index in [9.17, 15) is 19.1 Å². The molecule has 6 rings (SSSR count). The van der Waals surface area contributed by atoms with Gasteiger partial charge in [0.15, 0.2) is 5.83 Å². The lowest BCUT2D eigenvalue weighted by molar-refractivity contribution is -0.198. The van der Waals surface area contributed by atoms with Gasteiger partial charge in [-0.15, -0.1) is 0 Å². The number of alkyl halides is 2. The first-order valence-electron chi connectivity index (χ1n) is 19.2. The molecule has 0 spiro atoms. The third-order valence-electron chi connectivity index (χ3n) is 6.25. The van der Waals surface area contributed by atoms with Crippen molar-refractivity contribution >= 4 is 5.91 Å². The van der Waals surface area contributed by atoms with E-state index in [2.05, 4.69) is 16.6 Å². The van der Waals surface area contributed by atoms with E-state index in [1.54, 1.807) is 6.92 Å². The molecule has 6 aliphatic rings. The van der Waals surface area contributed by atoms with Crippen LogP contribution in [0.15, 0.2) is 23.1 Å². The summed E-state index contributed by atoms with van der Waals surface area (Å²) < 4.78 is 213. The highest BCUT2D eigenvalue weighted by Crippen LogP contribution is 2.51. The first-order chi connectivity index (χ1) is 23.2. The molecule has 0 aromatic rings.